The van der Waals surface area contributed by atoms with E-state index in [-0.39, 0.29) is 18.3 Å². The van der Waals surface area contributed by atoms with E-state index in [0.29, 0.717) is 31.9 Å². The van der Waals surface area contributed by atoms with E-state index in [0.717, 1.165) is 10.0 Å². The van der Waals surface area contributed by atoms with Crippen LogP contribution in [0.25, 0.3) is 0 Å². The summed E-state index contributed by atoms with van der Waals surface area (Å²) in [7, 11) is 0. The number of benzene rings is 1. The highest BCUT2D eigenvalue weighted by atomic mass is 79.9. The molecule has 0 saturated carbocycles. The van der Waals surface area contributed by atoms with E-state index in [1.54, 1.807) is 11.0 Å². The maximum absolute atomic E-state index is 12.5. The third-order valence-electron chi connectivity index (χ3n) is 4.22. The van der Waals surface area contributed by atoms with E-state index >= 15 is 0 Å². The first-order valence-corrected chi connectivity index (χ1v) is 8.47. The van der Waals surface area contributed by atoms with Gasteiger partial charge in [-0.1, -0.05) is 41.9 Å². The lowest BCUT2D eigenvalue weighted by Crippen LogP contribution is -2.41. The molecule has 0 aliphatic carbocycles. The summed E-state index contributed by atoms with van der Waals surface area (Å²) in [5.41, 5.74) is 6.33. The molecule has 0 atom stereocenters. The Morgan fingerprint density at radius 1 is 1.38 bits per heavy atom. The minimum Gasteiger partial charge on any atom is -0.329 e. The van der Waals surface area contributed by atoms with Gasteiger partial charge in [0.2, 0.25) is 11.9 Å². The van der Waals surface area contributed by atoms with Gasteiger partial charge in [-0.15, -0.1) is 17.5 Å². The SMILES string of the molecule is CCC(CC)(CN)C(=O)Nc1ncn(Cc2cccc(Br)c2)n1.Cl. The number of nitrogens with two attached hydrogens (primary N) is 1. The molecule has 8 heteroatoms. The summed E-state index contributed by atoms with van der Waals surface area (Å²) in [6.07, 6.45) is 2.98. The first-order chi connectivity index (χ1) is 11.0. The number of nitrogens with zero attached hydrogens (tertiary/aromatic N) is 3. The standard InChI is InChI=1S/C16H22BrN5O.ClH/c1-3-16(4-2,10-18)14(23)20-15-19-11-22(21-15)9-12-6-5-7-13(17)8-12;/h5-8,11H,3-4,9-10,18H2,1-2H3,(H,20,21,23);1H. The van der Waals surface area contributed by atoms with Crippen molar-refractivity contribution in [1.82, 2.24) is 14.8 Å². The van der Waals surface area contributed by atoms with E-state index in [1.165, 1.54) is 0 Å². The normalized spacial score (nSPS) is 11.0. The number of amides is 1. The van der Waals surface area contributed by atoms with Crippen LogP contribution in [-0.4, -0.2) is 27.2 Å². The van der Waals surface area contributed by atoms with Gasteiger partial charge >= 0.3 is 0 Å². The maximum atomic E-state index is 12.5. The average Bonchev–Trinajstić information content (AvgIpc) is 2.96. The monoisotopic (exact) mass is 415 g/mol. The second-order valence-corrected chi connectivity index (χ2v) is 6.46. The van der Waals surface area contributed by atoms with Crippen LogP contribution in [0.4, 0.5) is 5.95 Å². The minimum atomic E-state index is -0.560. The number of rotatable bonds is 7. The summed E-state index contributed by atoms with van der Waals surface area (Å²) in [5.74, 6) is 0.190. The number of nitrogens with one attached hydrogen (secondary N) is 1. The smallest absolute Gasteiger partial charge is 0.248 e. The number of hydrogen-bond acceptors (Lipinski definition) is 4. The van der Waals surface area contributed by atoms with Gasteiger partial charge in [0.05, 0.1) is 12.0 Å². The number of carbonyl (C=O) groups is 1. The van der Waals surface area contributed by atoms with Crippen molar-refractivity contribution < 1.29 is 4.79 Å². The Labute approximate surface area is 156 Å². The zero-order valence-electron chi connectivity index (χ0n) is 13.8. The third kappa shape index (κ3) is 4.78. The molecular weight excluding hydrogens is 394 g/mol. The molecule has 0 radical (unpaired) electrons. The quantitative estimate of drug-likeness (QED) is 0.725. The van der Waals surface area contributed by atoms with Crippen LogP contribution < -0.4 is 11.1 Å². The van der Waals surface area contributed by atoms with Crippen molar-refractivity contribution in [2.75, 3.05) is 11.9 Å². The molecule has 0 aliphatic heterocycles. The lowest BCUT2D eigenvalue weighted by molar-refractivity contribution is -0.125. The summed E-state index contributed by atoms with van der Waals surface area (Å²) in [6, 6.07) is 7.97. The molecule has 2 rings (SSSR count). The first-order valence-electron chi connectivity index (χ1n) is 7.68. The Morgan fingerprint density at radius 2 is 2.08 bits per heavy atom. The Bertz CT molecular complexity index is 664. The van der Waals surface area contributed by atoms with E-state index in [9.17, 15) is 4.79 Å². The van der Waals surface area contributed by atoms with Crippen molar-refractivity contribution in [3.05, 3.63) is 40.6 Å². The fourth-order valence-corrected chi connectivity index (χ4v) is 2.88. The molecular formula is C16H23BrClN5O. The topological polar surface area (TPSA) is 85.8 Å². The van der Waals surface area contributed by atoms with Crippen LogP contribution in [0.2, 0.25) is 0 Å². The summed E-state index contributed by atoms with van der Waals surface area (Å²) >= 11 is 3.44. The zero-order chi connectivity index (χ0) is 16.9. The molecule has 0 aliphatic rings. The van der Waals surface area contributed by atoms with Crippen molar-refractivity contribution in [2.45, 2.75) is 33.2 Å². The highest BCUT2D eigenvalue weighted by Crippen LogP contribution is 2.26. The van der Waals surface area contributed by atoms with Crippen LogP contribution in [0.1, 0.15) is 32.3 Å². The van der Waals surface area contributed by atoms with Crippen LogP contribution in [0.3, 0.4) is 0 Å². The van der Waals surface area contributed by atoms with Gasteiger partial charge in [-0.3, -0.25) is 10.1 Å². The Hall–Kier alpha value is -1.44. The lowest BCUT2D eigenvalue weighted by Gasteiger charge is -2.27. The largest absolute Gasteiger partial charge is 0.329 e. The molecule has 24 heavy (non-hydrogen) atoms. The highest BCUT2D eigenvalue weighted by molar-refractivity contribution is 9.10. The van der Waals surface area contributed by atoms with E-state index in [1.807, 2.05) is 38.1 Å². The number of halogens is 2. The van der Waals surface area contributed by atoms with Gasteiger partial charge in [0.25, 0.3) is 0 Å². The van der Waals surface area contributed by atoms with Crippen LogP contribution in [0.5, 0.6) is 0 Å². The summed E-state index contributed by atoms with van der Waals surface area (Å²) in [4.78, 5) is 16.6. The molecule has 1 amide bonds. The zero-order valence-corrected chi connectivity index (χ0v) is 16.2. The van der Waals surface area contributed by atoms with Crippen LogP contribution in [-0.2, 0) is 11.3 Å². The van der Waals surface area contributed by atoms with Crippen molar-refractivity contribution in [1.29, 1.82) is 0 Å². The van der Waals surface area contributed by atoms with Crippen molar-refractivity contribution in [3.63, 3.8) is 0 Å². The fourth-order valence-electron chi connectivity index (χ4n) is 2.44. The number of aromatic nitrogens is 3. The summed E-state index contributed by atoms with van der Waals surface area (Å²) < 4.78 is 2.71. The van der Waals surface area contributed by atoms with Crippen molar-refractivity contribution in [3.8, 4) is 0 Å². The molecule has 2 aromatic rings. The molecule has 0 saturated heterocycles. The van der Waals surface area contributed by atoms with Crippen LogP contribution in [0.15, 0.2) is 35.1 Å². The second kappa shape index (κ2) is 9.15. The lowest BCUT2D eigenvalue weighted by atomic mass is 9.81. The molecule has 1 aromatic heterocycles. The molecule has 6 nitrogen and oxygen atoms in total. The van der Waals surface area contributed by atoms with Gasteiger partial charge in [-0.05, 0) is 30.5 Å². The second-order valence-electron chi connectivity index (χ2n) is 5.54. The molecule has 132 valence electrons. The van der Waals surface area contributed by atoms with E-state index < -0.39 is 5.41 Å². The van der Waals surface area contributed by atoms with Crippen molar-refractivity contribution in [2.24, 2.45) is 11.1 Å². The van der Waals surface area contributed by atoms with Crippen molar-refractivity contribution >= 4 is 40.2 Å². The van der Waals surface area contributed by atoms with Gasteiger partial charge in [-0.25, -0.2) is 9.67 Å². The third-order valence-corrected chi connectivity index (χ3v) is 4.71. The highest BCUT2D eigenvalue weighted by Gasteiger charge is 2.33. The molecule has 3 N–H and O–H groups in total. The Balaban J connectivity index is 0.00000288. The minimum absolute atomic E-state index is 0. The fraction of sp³-hybridized carbons (Fsp3) is 0.438. The molecule has 0 fully saturated rings. The number of carbonyl (C=O) groups excluding carboxylic acids is 1. The molecule has 1 heterocycles. The van der Waals surface area contributed by atoms with Gasteiger partial charge in [-0.2, -0.15) is 0 Å². The number of hydrogen-bond donors (Lipinski definition) is 2. The molecule has 0 bridgehead atoms. The predicted octanol–water partition coefficient (Wildman–Crippen LogP) is 3.21. The summed E-state index contributed by atoms with van der Waals surface area (Å²) in [5, 5.41) is 7.09. The Morgan fingerprint density at radius 3 is 2.67 bits per heavy atom. The van der Waals surface area contributed by atoms with Gasteiger partial charge in [0.15, 0.2) is 0 Å². The maximum Gasteiger partial charge on any atom is 0.248 e. The number of anilines is 1. The van der Waals surface area contributed by atoms with E-state index in [4.69, 9.17) is 5.73 Å². The van der Waals surface area contributed by atoms with E-state index in [2.05, 4.69) is 31.3 Å². The first kappa shape index (κ1) is 20.6. The molecule has 0 spiro atoms. The van der Waals surface area contributed by atoms with Gasteiger partial charge in [0, 0.05) is 11.0 Å². The van der Waals surface area contributed by atoms with Crippen LogP contribution in [0, 0.1) is 5.41 Å². The average molecular weight is 417 g/mol. The van der Waals surface area contributed by atoms with Crippen LogP contribution >= 0.6 is 28.3 Å². The van der Waals surface area contributed by atoms with Gasteiger partial charge in [0.1, 0.15) is 6.33 Å². The van der Waals surface area contributed by atoms with Gasteiger partial charge < -0.3 is 5.73 Å². The predicted molar refractivity (Wildman–Crippen MR) is 101 cm³/mol. The summed E-state index contributed by atoms with van der Waals surface area (Å²) in [6.45, 7) is 4.83. The molecule has 0 unspecified atom stereocenters. The Kier molecular flexibility index (Phi) is 7.86. The molecule has 1 aromatic carbocycles.